The Labute approximate surface area is 150 Å². The Balaban J connectivity index is 1.64. The summed E-state index contributed by atoms with van der Waals surface area (Å²) in [6.45, 7) is -0.136. The molecule has 0 fully saturated rings. The normalized spacial score (nSPS) is 10.5. The number of hydrogen-bond donors (Lipinski definition) is 1. The fraction of sp³-hybridized carbons (Fsp3) is 0.211. The third-order valence-corrected chi connectivity index (χ3v) is 4.13. The number of amides is 1. The smallest absolute Gasteiger partial charge is 0.328 e. The number of aryl methyl sites for hydroxylation is 2. The molecule has 3 rings (SSSR count). The highest BCUT2D eigenvalue weighted by atomic mass is 16.5. The summed E-state index contributed by atoms with van der Waals surface area (Å²) in [6.07, 6.45) is 0.339. The van der Waals surface area contributed by atoms with E-state index in [2.05, 4.69) is 11.4 Å². The van der Waals surface area contributed by atoms with Gasteiger partial charge in [-0.25, -0.2) is 4.79 Å². The van der Waals surface area contributed by atoms with Gasteiger partial charge in [-0.2, -0.15) is 5.26 Å². The summed E-state index contributed by atoms with van der Waals surface area (Å²) in [5.74, 6) is 0.258. The van der Waals surface area contributed by atoms with Gasteiger partial charge in [-0.1, -0.05) is 12.1 Å². The van der Waals surface area contributed by atoms with Gasteiger partial charge in [-0.05, 0) is 35.9 Å². The van der Waals surface area contributed by atoms with Gasteiger partial charge in [0.25, 0.3) is 5.91 Å². The minimum absolute atomic E-state index is 0.119. The Morgan fingerprint density at radius 3 is 2.50 bits per heavy atom. The van der Waals surface area contributed by atoms with E-state index in [1.54, 1.807) is 61.1 Å². The third kappa shape index (κ3) is 3.44. The number of imidazole rings is 1. The number of ether oxygens (including phenoxy) is 1. The second kappa shape index (κ2) is 7.15. The van der Waals surface area contributed by atoms with Gasteiger partial charge < -0.3 is 10.1 Å². The van der Waals surface area contributed by atoms with Crippen molar-refractivity contribution in [3.63, 3.8) is 0 Å². The Hall–Kier alpha value is -3.53. The van der Waals surface area contributed by atoms with Crippen molar-refractivity contribution in [2.45, 2.75) is 6.42 Å². The summed E-state index contributed by atoms with van der Waals surface area (Å²) in [4.78, 5) is 24.0. The zero-order valence-electron chi connectivity index (χ0n) is 14.5. The van der Waals surface area contributed by atoms with E-state index in [9.17, 15) is 9.59 Å². The van der Waals surface area contributed by atoms with Crippen molar-refractivity contribution < 1.29 is 9.53 Å². The average Bonchev–Trinajstić information content (AvgIpc) is 2.85. The van der Waals surface area contributed by atoms with Crippen molar-refractivity contribution >= 4 is 22.6 Å². The second-order valence-corrected chi connectivity index (χ2v) is 5.92. The predicted molar refractivity (Wildman–Crippen MR) is 98.0 cm³/mol. The molecule has 0 atom stereocenters. The molecule has 3 aromatic rings. The summed E-state index contributed by atoms with van der Waals surface area (Å²) >= 11 is 0. The molecule has 1 amide bonds. The molecule has 0 aliphatic rings. The number of carbonyl (C=O) groups excluding carboxylic acids is 1. The van der Waals surface area contributed by atoms with Gasteiger partial charge in [-0.3, -0.25) is 13.9 Å². The Morgan fingerprint density at radius 2 is 1.81 bits per heavy atom. The SMILES string of the molecule is Cn1c(=O)n(C)c2cc(NC(=O)COc3ccc(CC#N)cc3)ccc21. The van der Waals surface area contributed by atoms with Crippen LogP contribution in [-0.4, -0.2) is 21.6 Å². The van der Waals surface area contributed by atoms with Crippen molar-refractivity contribution in [3.05, 3.63) is 58.5 Å². The lowest BCUT2D eigenvalue weighted by Crippen LogP contribution is -2.20. The van der Waals surface area contributed by atoms with E-state index in [-0.39, 0.29) is 18.2 Å². The minimum atomic E-state index is -0.300. The quantitative estimate of drug-likeness (QED) is 0.762. The number of nitriles is 1. The van der Waals surface area contributed by atoms with E-state index in [4.69, 9.17) is 10.00 Å². The number of anilines is 1. The molecule has 0 saturated heterocycles. The largest absolute Gasteiger partial charge is 0.484 e. The first-order valence-electron chi connectivity index (χ1n) is 8.03. The number of nitrogens with zero attached hydrogens (tertiary/aromatic N) is 3. The lowest BCUT2D eigenvalue weighted by Gasteiger charge is -2.08. The molecule has 1 N–H and O–H groups in total. The highest BCUT2D eigenvalue weighted by molar-refractivity contribution is 5.94. The van der Waals surface area contributed by atoms with Crippen LogP contribution in [0, 0.1) is 11.3 Å². The molecular formula is C19H18N4O3. The molecule has 0 aliphatic heterocycles. The number of aromatic nitrogens is 2. The number of rotatable bonds is 5. The van der Waals surface area contributed by atoms with Gasteiger partial charge in [0, 0.05) is 19.8 Å². The van der Waals surface area contributed by atoms with E-state index < -0.39 is 0 Å². The van der Waals surface area contributed by atoms with Crippen LogP contribution in [0.1, 0.15) is 5.56 Å². The van der Waals surface area contributed by atoms with Crippen molar-refractivity contribution in [2.24, 2.45) is 14.1 Å². The van der Waals surface area contributed by atoms with Crippen LogP contribution in [-0.2, 0) is 25.3 Å². The van der Waals surface area contributed by atoms with Crippen LogP contribution in [0.2, 0.25) is 0 Å². The Bertz CT molecular complexity index is 1060. The predicted octanol–water partition coefficient (Wildman–Crippen LogP) is 1.96. The summed E-state index contributed by atoms with van der Waals surface area (Å²) in [5, 5.41) is 11.4. The molecule has 0 unspecified atom stereocenters. The highest BCUT2D eigenvalue weighted by Crippen LogP contribution is 2.18. The van der Waals surface area contributed by atoms with Crippen molar-refractivity contribution in [2.75, 3.05) is 11.9 Å². The first-order chi connectivity index (χ1) is 12.5. The van der Waals surface area contributed by atoms with Crippen LogP contribution < -0.4 is 15.7 Å². The monoisotopic (exact) mass is 350 g/mol. The summed E-state index contributed by atoms with van der Waals surface area (Å²) in [6, 6.07) is 14.4. The van der Waals surface area contributed by atoms with Crippen LogP contribution in [0.25, 0.3) is 11.0 Å². The maximum Gasteiger partial charge on any atom is 0.328 e. The molecule has 0 aliphatic carbocycles. The van der Waals surface area contributed by atoms with E-state index in [1.165, 1.54) is 4.57 Å². The lowest BCUT2D eigenvalue weighted by atomic mass is 10.2. The standard InChI is InChI=1S/C19H18N4O3/c1-22-16-8-5-14(11-17(16)23(2)19(22)25)21-18(24)12-26-15-6-3-13(4-7-15)9-10-20/h3-8,11H,9,12H2,1-2H3,(H,21,24). The van der Waals surface area contributed by atoms with Gasteiger partial charge in [0.05, 0.1) is 23.5 Å². The number of fused-ring (bicyclic) bond motifs is 1. The summed E-state index contributed by atoms with van der Waals surface area (Å²) in [5.41, 5.74) is 2.91. The molecule has 0 saturated carbocycles. The lowest BCUT2D eigenvalue weighted by molar-refractivity contribution is -0.118. The molecule has 2 aromatic carbocycles. The highest BCUT2D eigenvalue weighted by Gasteiger charge is 2.10. The van der Waals surface area contributed by atoms with Gasteiger partial charge in [0.1, 0.15) is 5.75 Å². The molecule has 0 radical (unpaired) electrons. The fourth-order valence-corrected chi connectivity index (χ4v) is 2.73. The van der Waals surface area contributed by atoms with Gasteiger partial charge in [0.2, 0.25) is 0 Å². The summed E-state index contributed by atoms with van der Waals surface area (Å²) < 4.78 is 8.54. The van der Waals surface area contributed by atoms with E-state index in [0.29, 0.717) is 17.9 Å². The third-order valence-electron chi connectivity index (χ3n) is 4.13. The average molecular weight is 350 g/mol. The topological polar surface area (TPSA) is 89.1 Å². The van der Waals surface area contributed by atoms with E-state index in [0.717, 1.165) is 16.6 Å². The maximum atomic E-state index is 12.1. The summed E-state index contributed by atoms with van der Waals surface area (Å²) in [7, 11) is 3.40. The first-order valence-corrected chi connectivity index (χ1v) is 8.03. The molecule has 0 spiro atoms. The van der Waals surface area contributed by atoms with Crippen molar-refractivity contribution in [3.8, 4) is 11.8 Å². The van der Waals surface area contributed by atoms with Crippen molar-refractivity contribution in [1.29, 1.82) is 5.26 Å². The molecule has 26 heavy (non-hydrogen) atoms. The van der Waals surface area contributed by atoms with Crippen LogP contribution in [0.4, 0.5) is 5.69 Å². The molecule has 1 aromatic heterocycles. The number of hydrogen-bond acceptors (Lipinski definition) is 4. The van der Waals surface area contributed by atoms with E-state index >= 15 is 0 Å². The van der Waals surface area contributed by atoms with Gasteiger partial charge in [0.15, 0.2) is 6.61 Å². The molecule has 1 heterocycles. The van der Waals surface area contributed by atoms with Crippen LogP contribution in [0.15, 0.2) is 47.3 Å². The van der Waals surface area contributed by atoms with Gasteiger partial charge in [-0.15, -0.1) is 0 Å². The van der Waals surface area contributed by atoms with E-state index in [1.807, 2.05) is 0 Å². The zero-order chi connectivity index (χ0) is 18.7. The number of nitrogens with one attached hydrogen (secondary N) is 1. The molecule has 132 valence electrons. The van der Waals surface area contributed by atoms with Crippen LogP contribution >= 0.6 is 0 Å². The van der Waals surface area contributed by atoms with Gasteiger partial charge >= 0.3 is 5.69 Å². The Kier molecular flexibility index (Phi) is 4.76. The first kappa shape index (κ1) is 17.3. The maximum absolute atomic E-state index is 12.1. The second-order valence-electron chi connectivity index (χ2n) is 5.92. The molecule has 7 nitrogen and oxygen atoms in total. The Morgan fingerprint density at radius 1 is 1.12 bits per heavy atom. The molecule has 0 bridgehead atoms. The number of carbonyl (C=O) groups is 1. The van der Waals surface area contributed by atoms with Crippen molar-refractivity contribution in [1.82, 2.24) is 9.13 Å². The minimum Gasteiger partial charge on any atom is -0.484 e. The number of benzene rings is 2. The molecule has 7 heteroatoms. The fourth-order valence-electron chi connectivity index (χ4n) is 2.73. The van der Waals surface area contributed by atoms with Crippen LogP contribution in [0.5, 0.6) is 5.75 Å². The molecular weight excluding hydrogens is 332 g/mol. The van der Waals surface area contributed by atoms with Crippen LogP contribution in [0.3, 0.4) is 0 Å². The zero-order valence-corrected chi connectivity index (χ0v) is 14.5.